The predicted octanol–water partition coefficient (Wildman–Crippen LogP) is 0.780. The third-order valence-electron chi connectivity index (χ3n) is 1.09. The highest BCUT2D eigenvalue weighted by molar-refractivity contribution is 4.82. The van der Waals surface area contributed by atoms with Crippen molar-refractivity contribution in [2.24, 2.45) is 5.92 Å². The molecule has 2 nitrogen and oxygen atoms in total. The molecule has 10 heavy (non-hydrogen) atoms. The van der Waals surface area contributed by atoms with Crippen molar-refractivity contribution >= 4 is 0 Å². The molecule has 0 bridgehead atoms. The van der Waals surface area contributed by atoms with Crippen LogP contribution >= 0.6 is 0 Å². The van der Waals surface area contributed by atoms with Crippen molar-refractivity contribution in [2.75, 3.05) is 19.7 Å². The maximum Gasteiger partial charge on any atom is 0.0612 e. The summed E-state index contributed by atoms with van der Waals surface area (Å²) >= 11 is 0. The number of rotatable bonds is 5. The molecule has 0 unspecified atom stereocenters. The van der Waals surface area contributed by atoms with Crippen LogP contribution in [0, 0.1) is 5.92 Å². The molecule has 0 aliphatic rings. The summed E-state index contributed by atoms with van der Waals surface area (Å²) in [5.74, 6) is 0.697. The predicted molar refractivity (Wildman–Crippen MR) is 43.9 cm³/mol. The van der Waals surface area contributed by atoms with Gasteiger partial charge in [0.15, 0.2) is 0 Å². The molecule has 0 spiro atoms. The first-order valence-corrected chi connectivity index (χ1v) is 3.74. The standard InChI is InChI=1S/C8H17NO/c1-8(2)7-9-5-3-4-6-10/h3-4,8-10H,5-7H2,1-2H3/b4-3+. The Hall–Kier alpha value is -0.340. The Labute approximate surface area is 62.9 Å². The molecular formula is C8H17NO. The smallest absolute Gasteiger partial charge is 0.0612 e. The topological polar surface area (TPSA) is 32.3 Å². The molecule has 0 rings (SSSR count). The molecule has 0 heterocycles. The molecule has 0 aliphatic carbocycles. The lowest BCUT2D eigenvalue weighted by Gasteiger charge is -2.03. The van der Waals surface area contributed by atoms with E-state index in [0.29, 0.717) is 5.92 Å². The Kier molecular flexibility index (Phi) is 6.55. The third kappa shape index (κ3) is 7.66. The zero-order chi connectivity index (χ0) is 7.82. The third-order valence-corrected chi connectivity index (χ3v) is 1.09. The van der Waals surface area contributed by atoms with Crippen molar-refractivity contribution in [3.8, 4) is 0 Å². The minimum absolute atomic E-state index is 0.142. The highest BCUT2D eigenvalue weighted by atomic mass is 16.2. The van der Waals surface area contributed by atoms with E-state index in [1.807, 2.05) is 6.08 Å². The molecule has 2 N–H and O–H groups in total. The Morgan fingerprint density at radius 3 is 2.60 bits per heavy atom. The molecule has 0 fully saturated rings. The van der Waals surface area contributed by atoms with Crippen LogP contribution in [0.2, 0.25) is 0 Å². The van der Waals surface area contributed by atoms with Crippen molar-refractivity contribution in [2.45, 2.75) is 13.8 Å². The SMILES string of the molecule is CC(C)CNC/C=C/CO. The molecule has 60 valence electrons. The van der Waals surface area contributed by atoms with Gasteiger partial charge in [-0.05, 0) is 12.5 Å². The number of nitrogens with one attached hydrogen (secondary N) is 1. The van der Waals surface area contributed by atoms with Crippen molar-refractivity contribution in [1.82, 2.24) is 5.32 Å². The van der Waals surface area contributed by atoms with E-state index in [1.165, 1.54) is 0 Å². The van der Waals surface area contributed by atoms with Gasteiger partial charge in [0.1, 0.15) is 0 Å². The number of aliphatic hydroxyl groups is 1. The fourth-order valence-corrected chi connectivity index (χ4v) is 0.613. The van der Waals surface area contributed by atoms with E-state index >= 15 is 0 Å². The Morgan fingerprint density at radius 1 is 1.40 bits per heavy atom. The average Bonchev–Trinajstić information content (AvgIpc) is 1.87. The molecule has 0 amide bonds. The summed E-state index contributed by atoms with van der Waals surface area (Å²) in [4.78, 5) is 0. The van der Waals surface area contributed by atoms with Gasteiger partial charge in [0.25, 0.3) is 0 Å². The molecule has 0 aromatic heterocycles. The van der Waals surface area contributed by atoms with Crippen molar-refractivity contribution in [3.63, 3.8) is 0 Å². The van der Waals surface area contributed by atoms with Gasteiger partial charge < -0.3 is 10.4 Å². The van der Waals surface area contributed by atoms with E-state index < -0.39 is 0 Å². The highest BCUT2D eigenvalue weighted by Crippen LogP contribution is 1.85. The normalized spacial score (nSPS) is 11.6. The number of hydrogen-bond donors (Lipinski definition) is 2. The molecule has 0 aromatic carbocycles. The molecule has 0 radical (unpaired) electrons. The number of hydrogen-bond acceptors (Lipinski definition) is 2. The van der Waals surface area contributed by atoms with Crippen molar-refractivity contribution < 1.29 is 5.11 Å². The number of aliphatic hydroxyl groups excluding tert-OH is 1. The van der Waals surface area contributed by atoms with Crippen LogP contribution in [0.3, 0.4) is 0 Å². The first kappa shape index (κ1) is 9.66. The van der Waals surface area contributed by atoms with E-state index in [0.717, 1.165) is 13.1 Å². The summed E-state index contributed by atoms with van der Waals surface area (Å²) in [6, 6.07) is 0. The zero-order valence-corrected chi connectivity index (χ0v) is 6.80. The van der Waals surface area contributed by atoms with E-state index in [9.17, 15) is 0 Å². The van der Waals surface area contributed by atoms with E-state index in [-0.39, 0.29) is 6.61 Å². The fourth-order valence-electron chi connectivity index (χ4n) is 0.613. The van der Waals surface area contributed by atoms with Crippen LogP contribution in [0.4, 0.5) is 0 Å². The lowest BCUT2D eigenvalue weighted by atomic mass is 10.2. The van der Waals surface area contributed by atoms with Crippen LogP contribution in [0.25, 0.3) is 0 Å². The van der Waals surface area contributed by atoms with Gasteiger partial charge in [-0.25, -0.2) is 0 Å². The Morgan fingerprint density at radius 2 is 2.10 bits per heavy atom. The second-order valence-corrected chi connectivity index (χ2v) is 2.71. The summed E-state index contributed by atoms with van der Waals surface area (Å²) in [7, 11) is 0. The van der Waals surface area contributed by atoms with Gasteiger partial charge in [0.05, 0.1) is 6.61 Å². The van der Waals surface area contributed by atoms with E-state index in [4.69, 9.17) is 5.11 Å². The Bertz CT molecular complexity index is 89.3. The minimum atomic E-state index is 0.142. The van der Waals surface area contributed by atoms with Crippen molar-refractivity contribution in [3.05, 3.63) is 12.2 Å². The van der Waals surface area contributed by atoms with Gasteiger partial charge >= 0.3 is 0 Å². The van der Waals surface area contributed by atoms with Gasteiger partial charge in [-0.2, -0.15) is 0 Å². The molecule has 0 saturated heterocycles. The maximum atomic E-state index is 8.36. The summed E-state index contributed by atoms with van der Waals surface area (Å²) in [5, 5.41) is 11.6. The summed E-state index contributed by atoms with van der Waals surface area (Å²) < 4.78 is 0. The summed E-state index contributed by atoms with van der Waals surface area (Å²) in [6.45, 7) is 6.38. The molecule has 0 atom stereocenters. The van der Waals surface area contributed by atoms with Crippen LogP contribution in [0.1, 0.15) is 13.8 Å². The summed E-state index contributed by atoms with van der Waals surface area (Å²) in [5.41, 5.74) is 0. The zero-order valence-electron chi connectivity index (χ0n) is 6.80. The quantitative estimate of drug-likeness (QED) is 0.440. The van der Waals surface area contributed by atoms with E-state index in [2.05, 4.69) is 19.2 Å². The largest absolute Gasteiger partial charge is 0.392 e. The van der Waals surface area contributed by atoms with Crippen LogP contribution < -0.4 is 5.32 Å². The van der Waals surface area contributed by atoms with Crippen molar-refractivity contribution in [1.29, 1.82) is 0 Å². The van der Waals surface area contributed by atoms with Gasteiger partial charge in [-0.1, -0.05) is 26.0 Å². The summed E-state index contributed by atoms with van der Waals surface area (Å²) in [6.07, 6.45) is 3.68. The lowest BCUT2D eigenvalue weighted by molar-refractivity contribution is 0.342. The molecule has 0 aliphatic heterocycles. The molecule has 0 saturated carbocycles. The van der Waals surface area contributed by atoms with Crippen LogP contribution in [-0.4, -0.2) is 24.8 Å². The highest BCUT2D eigenvalue weighted by Gasteiger charge is 1.88. The lowest BCUT2D eigenvalue weighted by Crippen LogP contribution is -2.19. The minimum Gasteiger partial charge on any atom is -0.392 e. The van der Waals surface area contributed by atoms with Gasteiger partial charge in [-0.15, -0.1) is 0 Å². The van der Waals surface area contributed by atoms with Crippen LogP contribution in [-0.2, 0) is 0 Å². The monoisotopic (exact) mass is 143 g/mol. The van der Waals surface area contributed by atoms with Gasteiger partial charge in [-0.3, -0.25) is 0 Å². The van der Waals surface area contributed by atoms with E-state index in [1.54, 1.807) is 6.08 Å². The fraction of sp³-hybridized carbons (Fsp3) is 0.750. The Balaban J connectivity index is 2.97. The van der Waals surface area contributed by atoms with Crippen LogP contribution in [0.5, 0.6) is 0 Å². The van der Waals surface area contributed by atoms with Crippen LogP contribution in [0.15, 0.2) is 12.2 Å². The first-order chi connectivity index (χ1) is 4.77. The second kappa shape index (κ2) is 6.78. The second-order valence-electron chi connectivity index (χ2n) is 2.71. The first-order valence-electron chi connectivity index (χ1n) is 3.74. The maximum absolute atomic E-state index is 8.36. The van der Waals surface area contributed by atoms with Gasteiger partial charge in [0, 0.05) is 6.54 Å². The average molecular weight is 143 g/mol. The molecule has 2 heteroatoms. The van der Waals surface area contributed by atoms with Gasteiger partial charge in [0.2, 0.25) is 0 Å². The molecular weight excluding hydrogens is 126 g/mol. The molecule has 0 aromatic rings.